The minimum absolute atomic E-state index is 0.0266. The van der Waals surface area contributed by atoms with Crippen molar-refractivity contribution in [3.05, 3.63) is 35.9 Å². The largest absolute Gasteiger partial charge is 0.354 e. The van der Waals surface area contributed by atoms with E-state index in [1.807, 2.05) is 18.2 Å². The van der Waals surface area contributed by atoms with Gasteiger partial charge in [0.1, 0.15) is 0 Å². The molecule has 1 aromatic carbocycles. The van der Waals surface area contributed by atoms with Gasteiger partial charge in [-0.05, 0) is 38.3 Å². The van der Waals surface area contributed by atoms with Crippen LogP contribution in [0.4, 0.5) is 0 Å². The predicted molar refractivity (Wildman–Crippen MR) is 107 cm³/mol. The maximum Gasteiger partial charge on any atom is 0.254 e. The fourth-order valence-electron chi connectivity index (χ4n) is 4.21. The second-order valence-electron chi connectivity index (χ2n) is 7.41. The molecule has 154 valence electrons. The van der Waals surface area contributed by atoms with Crippen molar-refractivity contribution in [2.45, 2.75) is 38.6 Å². The predicted octanol–water partition coefficient (Wildman–Crippen LogP) is 1.47. The molecule has 2 aliphatic rings. The van der Waals surface area contributed by atoms with Gasteiger partial charge in [-0.1, -0.05) is 24.6 Å². The topological polar surface area (TPSA) is 86.8 Å². The third-order valence-corrected chi connectivity index (χ3v) is 7.60. The van der Waals surface area contributed by atoms with Crippen LogP contribution < -0.4 is 5.32 Å². The minimum Gasteiger partial charge on any atom is -0.354 e. The van der Waals surface area contributed by atoms with Gasteiger partial charge < -0.3 is 10.2 Å². The average Bonchev–Trinajstić information content (AvgIpc) is 3.18. The van der Waals surface area contributed by atoms with Gasteiger partial charge in [0.25, 0.3) is 5.91 Å². The van der Waals surface area contributed by atoms with E-state index in [2.05, 4.69) is 5.32 Å². The Labute approximate surface area is 167 Å². The zero-order valence-electron chi connectivity index (χ0n) is 16.3. The number of nitrogens with zero attached hydrogens (tertiary/aromatic N) is 2. The molecule has 1 aromatic rings. The molecule has 2 amide bonds. The summed E-state index contributed by atoms with van der Waals surface area (Å²) >= 11 is 0. The Bertz CT molecular complexity index is 797. The van der Waals surface area contributed by atoms with Gasteiger partial charge in [0.05, 0.1) is 11.7 Å². The number of hydrogen-bond donors (Lipinski definition) is 1. The Morgan fingerprint density at radius 2 is 1.86 bits per heavy atom. The molecule has 1 aliphatic heterocycles. The van der Waals surface area contributed by atoms with Gasteiger partial charge in [-0.15, -0.1) is 0 Å². The van der Waals surface area contributed by atoms with E-state index in [1.165, 1.54) is 4.31 Å². The summed E-state index contributed by atoms with van der Waals surface area (Å²) in [6.07, 6.45) is 3.02. The molecule has 2 unspecified atom stereocenters. The first-order valence-electron chi connectivity index (χ1n) is 10.1. The highest BCUT2D eigenvalue weighted by atomic mass is 32.2. The lowest BCUT2D eigenvalue weighted by Crippen LogP contribution is -2.47. The first-order valence-corrected chi connectivity index (χ1v) is 11.7. The minimum atomic E-state index is -3.35. The van der Waals surface area contributed by atoms with E-state index in [0.29, 0.717) is 31.6 Å². The Morgan fingerprint density at radius 3 is 2.57 bits per heavy atom. The van der Waals surface area contributed by atoms with Gasteiger partial charge in [0.2, 0.25) is 15.9 Å². The quantitative estimate of drug-likeness (QED) is 0.822. The molecule has 1 saturated carbocycles. The van der Waals surface area contributed by atoms with Crippen molar-refractivity contribution in [2.75, 3.05) is 31.9 Å². The molecule has 8 heteroatoms. The Kier molecular flexibility index (Phi) is 6.72. The fraction of sp³-hybridized carbons (Fsp3) is 0.600. The van der Waals surface area contributed by atoms with Crippen LogP contribution in [0.15, 0.2) is 30.3 Å². The van der Waals surface area contributed by atoms with Crippen LogP contribution in [0.3, 0.4) is 0 Å². The van der Waals surface area contributed by atoms with Crippen LogP contribution in [0.2, 0.25) is 0 Å². The molecule has 0 radical (unpaired) electrons. The molecule has 7 nitrogen and oxygen atoms in total. The summed E-state index contributed by atoms with van der Waals surface area (Å²) in [6.45, 7) is 2.98. The van der Waals surface area contributed by atoms with Crippen molar-refractivity contribution < 1.29 is 18.0 Å². The normalized spacial score (nSPS) is 24.9. The van der Waals surface area contributed by atoms with E-state index in [9.17, 15) is 18.0 Å². The van der Waals surface area contributed by atoms with Gasteiger partial charge in [-0.2, -0.15) is 0 Å². The highest BCUT2D eigenvalue weighted by Crippen LogP contribution is 2.31. The SMILES string of the molecule is CCS(=O)(=O)N1CCCN(C(=O)c2ccccc2)C2CCCC2C(=O)NCC1. The van der Waals surface area contributed by atoms with E-state index >= 15 is 0 Å². The lowest BCUT2D eigenvalue weighted by Gasteiger charge is -2.33. The number of rotatable bonds is 3. The number of nitrogens with one attached hydrogen (secondary N) is 1. The summed E-state index contributed by atoms with van der Waals surface area (Å²) in [5.41, 5.74) is 0.599. The smallest absolute Gasteiger partial charge is 0.254 e. The van der Waals surface area contributed by atoms with Gasteiger partial charge in [0, 0.05) is 37.8 Å². The van der Waals surface area contributed by atoms with E-state index < -0.39 is 10.0 Å². The standard InChI is InChI=1S/C20H29N3O4S/c1-2-28(26,27)22-13-7-14-23(20(25)16-8-4-3-5-9-16)18-11-6-10-17(18)19(24)21-12-15-22/h3-5,8-9,17-18H,2,6-7,10-15H2,1H3,(H,21,24). The Hall–Kier alpha value is -1.93. The summed E-state index contributed by atoms with van der Waals surface area (Å²) in [5, 5.41) is 2.89. The van der Waals surface area contributed by atoms with Crippen LogP contribution in [-0.4, -0.2) is 67.4 Å². The molecule has 28 heavy (non-hydrogen) atoms. The van der Waals surface area contributed by atoms with E-state index in [4.69, 9.17) is 0 Å². The molecule has 1 saturated heterocycles. The molecule has 1 aliphatic carbocycles. The zero-order valence-corrected chi connectivity index (χ0v) is 17.2. The van der Waals surface area contributed by atoms with Crippen molar-refractivity contribution >= 4 is 21.8 Å². The van der Waals surface area contributed by atoms with Crippen molar-refractivity contribution in [1.29, 1.82) is 0 Å². The average molecular weight is 408 g/mol. The zero-order chi connectivity index (χ0) is 20.1. The van der Waals surface area contributed by atoms with Crippen LogP contribution in [0.25, 0.3) is 0 Å². The van der Waals surface area contributed by atoms with Crippen molar-refractivity contribution in [3.8, 4) is 0 Å². The summed E-state index contributed by atoms with van der Waals surface area (Å²) in [7, 11) is -3.35. The summed E-state index contributed by atoms with van der Waals surface area (Å²) in [4.78, 5) is 27.7. The third kappa shape index (κ3) is 4.55. The lowest BCUT2D eigenvalue weighted by molar-refractivity contribution is -0.126. The number of carbonyl (C=O) groups is 2. The molecule has 2 atom stereocenters. The maximum atomic E-state index is 13.2. The molecule has 3 rings (SSSR count). The number of amides is 2. The van der Waals surface area contributed by atoms with Crippen LogP contribution in [0.5, 0.6) is 0 Å². The van der Waals surface area contributed by atoms with Crippen LogP contribution >= 0.6 is 0 Å². The Morgan fingerprint density at radius 1 is 1.11 bits per heavy atom. The maximum absolute atomic E-state index is 13.2. The molecule has 2 fully saturated rings. The van der Waals surface area contributed by atoms with Crippen LogP contribution in [0, 0.1) is 5.92 Å². The number of hydrogen-bond acceptors (Lipinski definition) is 4. The van der Waals surface area contributed by atoms with E-state index in [-0.39, 0.29) is 36.1 Å². The highest BCUT2D eigenvalue weighted by molar-refractivity contribution is 7.89. The van der Waals surface area contributed by atoms with E-state index in [0.717, 1.165) is 19.3 Å². The molecule has 0 spiro atoms. The lowest BCUT2D eigenvalue weighted by atomic mass is 9.99. The molecule has 1 N–H and O–H groups in total. The highest BCUT2D eigenvalue weighted by Gasteiger charge is 2.39. The summed E-state index contributed by atoms with van der Waals surface area (Å²) in [5.74, 6) is -0.376. The molecular formula is C20H29N3O4S. The Balaban J connectivity index is 1.86. The van der Waals surface area contributed by atoms with Gasteiger partial charge in [-0.3, -0.25) is 9.59 Å². The molecular weight excluding hydrogens is 378 g/mol. The van der Waals surface area contributed by atoms with Crippen LogP contribution in [-0.2, 0) is 14.8 Å². The van der Waals surface area contributed by atoms with Crippen LogP contribution in [0.1, 0.15) is 43.0 Å². The number of benzene rings is 1. The van der Waals surface area contributed by atoms with E-state index in [1.54, 1.807) is 24.0 Å². The monoisotopic (exact) mass is 407 g/mol. The first-order chi connectivity index (χ1) is 13.4. The first kappa shape index (κ1) is 20.8. The number of fused-ring (bicyclic) bond motifs is 1. The molecule has 1 heterocycles. The molecule has 0 bridgehead atoms. The molecule has 0 aromatic heterocycles. The van der Waals surface area contributed by atoms with Crippen molar-refractivity contribution in [2.24, 2.45) is 5.92 Å². The summed E-state index contributed by atoms with van der Waals surface area (Å²) in [6, 6.07) is 8.95. The van der Waals surface area contributed by atoms with Crippen molar-refractivity contribution in [1.82, 2.24) is 14.5 Å². The third-order valence-electron chi connectivity index (χ3n) is 5.72. The fourth-order valence-corrected chi connectivity index (χ4v) is 5.35. The van der Waals surface area contributed by atoms with Gasteiger partial charge >= 0.3 is 0 Å². The van der Waals surface area contributed by atoms with Gasteiger partial charge in [0.15, 0.2) is 0 Å². The number of sulfonamides is 1. The van der Waals surface area contributed by atoms with Crippen molar-refractivity contribution in [3.63, 3.8) is 0 Å². The van der Waals surface area contributed by atoms with Gasteiger partial charge in [-0.25, -0.2) is 12.7 Å². The second kappa shape index (κ2) is 9.05. The summed E-state index contributed by atoms with van der Waals surface area (Å²) < 4.78 is 26.1. The second-order valence-corrected chi connectivity index (χ2v) is 9.67. The number of carbonyl (C=O) groups excluding carboxylic acids is 2.